The summed E-state index contributed by atoms with van der Waals surface area (Å²) in [5.74, 6) is 1.000. The molecule has 0 aliphatic heterocycles. The van der Waals surface area contributed by atoms with Gasteiger partial charge in [0.05, 0.1) is 11.0 Å². The lowest BCUT2D eigenvalue weighted by Crippen LogP contribution is -2.39. The van der Waals surface area contributed by atoms with E-state index in [1.807, 2.05) is 18.2 Å². The fourth-order valence-corrected chi connectivity index (χ4v) is 2.91. The van der Waals surface area contributed by atoms with Crippen LogP contribution in [0.5, 0.6) is 0 Å². The smallest absolute Gasteiger partial charge is 0.114 e. The van der Waals surface area contributed by atoms with Gasteiger partial charge in [-0.1, -0.05) is 24.9 Å². The van der Waals surface area contributed by atoms with Gasteiger partial charge in [0, 0.05) is 16.5 Å². The van der Waals surface area contributed by atoms with Crippen LogP contribution in [0.3, 0.4) is 0 Å². The second-order valence-electron chi connectivity index (χ2n) is 5.16. The number of aromatic amines is 1. The van der Waals surface area contributed by atoms with Gasteiger partial charge in [-0.3, -0.25) is 0 Å². The van der Waals surface area contributed by atoms with Crippen molar-refractivity contribution in [1.29, 1.82) is 0 Å². The third kappa shape index (κ3) is 1.65. The largest absolute Gasteiger partial charge is 0.341 e. The molecule has 3 rings (SSSR count). The molecule has 1 aliphatic carbocycles. The number of H-pyrrole nitrogens is 1. The Kier molecular flexibility index (Phi) is 2.42. The van der Waals surface area contributed by atoms with E-state index in [1.165, 1.54) is 6.42 Å². The monoisotopic (exact) mass is 249 g/mol. The molecule has 1 aromatic heterocycles. The highest BCUT2D eigenvalue weighted by Crippen LogP contribution is 2.39. The van der Waals surface area contributed by atoms with E-state index in [1.54, 1.807) is 0 Å². The summed E-state index contributed by atoms with van der Waals surface area (Å²) in [7, 11) is 0. The SMILES string of the molecule is CC1(c2nc3ccc(Cl)cc3[nH]2)CCCC1N. The first-order valence-electron chi connectivity index (χ1n) is 6.01. The van der Waals surface area contributed by atoms with Crippen LogP contribution in [0.1, 0.15) is 32.0 Å². The van der Waals surface area contributed by atoms with Gasteiger partial charge in [-0.25, -0.2) is 4.98 Å². The van der Waals surface area contributed by atoms with E-state index in [0.29, 0.717) is 0 Å². The number of rotatable bonds is 1. The summed E-state index contributed by atoms with van der Waals surface area (Å²) in [6.45, 7) is 2.20. The summed E-state index contributed by atoms with van der Waals surface area (Å²) >= 11 is 5.98. The molecule has 1 aliphatic rings. The van der Waals surface area contributed by atoms with Gasteiger partial charge in [0.1, 0.15) is 5.82 Å². The highest BCUT2D eigenvalue weighted by molar-refractivity contribution is 6.31. The topological polar surface area (TPSA) is 54.7 Å². The van der Waals surface area contributed by atoms with E-state index in [9.17, 15) is 0 Å². The number of fused-ring (bicyclic) bond motifs is 1. The fourth-order valence-electron chi connectivity index (χ4n) is 2.74. The highest BCUT2D eigenvalue weighted by Gasteiger charge is 2.40. The third-order valence-electron chi connectivity index (χ3n) is 4.01. The van der Waals surface area contributed by atoms with Crippen LogP contribution in [0.4, 0.5) is 0 Å². The predicted octanol–water partition coefficient (Wildman–Crippen LogP) is 2.99. The third-order valence-corrected chi connectivity index (χ3v) is 4.25. The minimum Gasteiger partial charge on any atom is -0.341 e. The number of aromatic nitrogens is 2. The van der Waals surface area contributed by atoms with Crippen molar-refractivity contribution in [3.05, 3.63) is 29.0 Å². The molecule has 0 saturated heterocycles. The molecule has 90 valence electrons. The Hall–Kier alpha value is -1.06. The van der Waals surface area contributed by atoms with E-state index >= 15 is 0 Å². The van der Waals surface area contributed by atoms with Crippen LogP contribution >= 0.6 is 11.6 Å². The summed E-state index contributed by atoms with van der Waals surface area (Å²) < 4.78 is 0. The number of hydrogen-bond acceptors (Lipinski definition) is 2. The first-order chi connectivity index (χ1) is 8.09. The molecule has 0 spiro atoms. The lowest BCUT2D eigenvalue weighted by Gasteiger charge is -2.26. The Bertz CT molecular complexity index is 563. The van der Waals surface area contributed by atoms with Gasteiger partial charge >= 0.3 is 0 Å². The molecule has 4 heteroatoms. The van der Waals surface area contributed by atoms with E-state index in [0.717, 1.165) is 34.7 Å². The summed E-state index contributed by atoms with van der Waals surface area (Å²) in [5, 5.41) is 0.730. The van der Waals surface area contributed by atoms with Crippen molar-refractivity contribution in [2.75, 3.05) is 0 Å². The zero-order valence-electron chi connectivity index (χ0n) is 9.83. The number of nitrogens with two attached hydrogens (primary N) is 1. The first kappa shape index (κ1) is 11.1. The maximum absolute atomic E-state index is 6.21. The molecule has 2 atom stereocenters. The number of hydrogen-bond donors (Lipinski definition) is 2. The Morgan fingerprint density at radius 1 is 1.53 bits per heavy atom. The van der Waals surface area contributed by atoms with Crippen LogP contribution in [-0.4, -0.2) is 16.0 Å². The van der Waals surface area contributed by atoms with Gasteiger partial charge in [0.15, 0.2) is 0 Å². The van der Waals surface area contributed by atoms with E-state index in [2.05, 4.69) is 16.9 Å². The molecule has 3 N–H and O–H groups in total. The molecular weight excluding hydrogens is 234 g/mol. The molecule has 1 heterocycles. The predicted molar refractivity (Wildman–Crippen MR) is 70.3 cm³/mol. The molecule has 2 aromatic rings. The van der Waals surface area contributed by atoms with Gasteiger partial charge < -0.3 is 10.7 Å². The second kappa shape index (κ2) is 3.72. The van der Waals surface area contributed by atoms with E-state index in [4.69, 9.17) is 17.3 Å². The highest BCUT2D eigenvalue weighted by atomic mass is 35.5. The van der Waals surface area contributed by atoms with Crippen molar-refractivity contribution in [1.82, 2.24) is 9.97 Å². The molecule has 2 unspecified atom stereocenters. The van der Waals surface area contributed by atoms with Gasteiger partial charge in [-0.15, -0.1) is 0 Å². The van der Waals surface area contributed by atoms with Crippen molar-refractivity contribution >= 4 is 22.6 Å². The standard InChI is InChI=1S/C13H16ClN3/c1-13(6-2-3-11(13)15)12-16-9-5-4-8(14)7-10(9)17-12/h4-5,7,11H,2-3,6,15H2,1H3,(H,16,17). The van der Waals surface area contributed by atoms with Crippen LogP contribution < -0.4 is 5.73 Å². The minimum absolute atomic E-state index is 0.0223. The molecule has 3 nitrogen and oxygen atoms in total. The van der Waals surface area contributed by atoms with Crippen LogP contribution in [0.25, 0.3) is 11.0 Å². The summed E-state index contributed by atoms with van der Waals surface area (Å²) in [6, 6.07) is 5.92. The van der Waals surface area contributed by atoms with Crippen LogP contribution in [0, 0.1) is 0 Å². The normalized spacial score (nSPS) is 29.0. The molecule has 0 amide bonds. The Morgan fingerprint density at radius 3 is 3.06 bits per heavy atom. The Balaban J connectivity index is 2.12. The van der Waals surface area contributed by atoms with Crippen molar-refractivity contribution in [2.24, 2.45) is 5.73 Å². The van der Waals surface area contributed by atoms with E-state index in [-0.39, 0.29) is 11.5 Å². The number of nitrogens with one attached hydrogen (secondary N) is 1. The summed E-state index contributed by atoms with van der Waals surface area (Å²) in [4.78, 5) is 8.04. The number of nitrogens with zero attached hydrogens (tertiary/aromatic N) is 1. The molecular formula is C13H16ClN3. The van der Waals surface area contributed by atoms with Crippen LogP contribution in [0.15, 0.2) is 18.2 Å². The van der Waals surface area contributed by atoms with Crippen molar-refractivity contribution in [2.45, 2.75) is 37.6 Å². The number of halogens is 1. The first-order valence-corrected chi connectivity index (χ1v) is 6.39. The number of benzene rings is 1. The van der Waals surface area contributed by atoms with Gasteiger partial charge in [-0.2, -0.15) is 0 Å². The minimum atomic E-state index is -0.0223. The lowest BCUT2D eigenvalue weighted by molar-refractivity contribution is 0.409. The average molecular weight is 250 g/mol. The average Bonchev–Trinajstić information content (AvgIpc) is 2.84. The quantitative estimate of drug-likeness (QED) is 0.816. The van der Waals surface area contributed by atoms with Gasteiger partial charge in [0.25, 0.3) is 0 Å². The Labute approximate surface area is 105 Å². The zero-order chi connectivity index (χ0) is 12.0. The molecule has 0 bridgehead atoms. The molecule has 17 heavy (non-hydrogen) atoms. The van der Waals surface area contributed by atoms with Crippen LogP contribution in [0.2, 0.25) is 5.02 Å². The van der Waals surface area contributed by atoms with E-state index < -0.39 is 0 Å². The fraction of sp³-hybridized carbons (Fsp3) is 0.462. The van der Waals surface area contributed by atoms with Crippen molar-refractivity contribution in [3.8, 4) is 0 Å². The zero-order valence-corrected chi connectivity index (χ0v) is 10.6. The Morgan fingerprint density at radius 2 is 2.35 bits per heavy atom. The molecule has 1 saturated carbocycles. The molecule has 1 fully saturated rings. The van der Waals surface area contributed by atoms with Crippen LogP contribution in [-0.2, 0) is 5.41 Å². The maximum atomic E-state index is 6.21. The van der Waals surface area contributed by atoms with Gasteiger partial charge in [0.2, 0.25) is 0 Å². The maximum Gasteiger partial charge on any atom is 0.114 e. The second-order valence-corrected chi connectivity index (χ2v) is 5.60. The summed E-state index contributed by atoms with van der Waals surface area (Å²) in [6.07, 6.45) is 3.35. The van der Waals surface area contributed by atoms with Crippen molar-refractivity contribution in [3.63, 3.8) is 0 Å². The molecule has 1 aromatic carbocycles. The lowest BCUT2D eigenvalue weighted by atomic mass is 9.84. The van der Waals surface area contributed by atoms with Gasteiger partial charge in [-0.05, 0) is 31.0 Å². The van der Waals surface area contributed by atoms with Crippen molar-refractivity contribution < 1.29 is 0 Å². The summed E-state index contributed by atoms with van der Waals surface area (Å²) in [5.41, 5.74) is 8.14. The molecule has 0 radical (unpaired) electrons. The number of imidazole rings is 1.